The van der Waals surface area contributed by atoms with Crippen LogP contribution in [-0.4, -0.2) is 154 Å². The summed E-state index contributed by atoms with van der Waals surface area (Å²) < 4.78 is 0. The maximum Gasteiger partial charge on any atom is 0.246 e. The van der Waals surface area contributed by atoms with Crippen molar-refractivity contribution in [2.24, 2.45) is 39.6 Å². The largest absolute Gasteiger partial charge is 0.508 e. The molecule has 3 unspecified atom stereocenters. The van der Waals surface area contributed by atoms with Crippen molar-refractivity contribution >= 4 is 92.5 Å². The average molecular weight is 1080 g/mol. The van der Waals surface area contributed by atoms with Gasteiger partial charge in [0, 0.05) is 56.2 Å². The molecule has 1 aliphatic carbocycles. The molecule has 2 saturated heterocycles. The first-order chi connectivity index (χ1) is 35.6. The van der Waals surface area contributed by atoms with Crippen LogP contribution in [0.5, 0.6) is 5.75 Å². The van der Waals surface area contributed by atoms with Gasteiger partial charge in [0.1, 0.15) is 47.5 Å². The van der Waals surface area contributed by atoms with Crippen molar-refractivity contribution < 1.29 is 57.8 Å². The zero-order valence-electron chi connectivity index (χ0n) is 40.9. The molecule has 0 radical (unpaired) electrons. The number of nitrogens with one attached hydrogen (secondary N) is 7. The molecule has 75 heavy (non-hydrogen) atoms. The van der Waals surface area contributed by atoms with Gasteiger partial charge in [-0.25, -0.2) is 0 Å². The highest BCUT2D eigenvalue weighted by Crippen LogP contribution is 2.46. The van der Waals surface area contributed by atoms with Crippen molar-refractivity contribution in [1.29, 1.82) is 0 Å². The molecular formula is C47H64N14O12S2. The van der Waals surface area contributed by atoms with E-state index in [0.29, 0.717) is 17.5 Å². The maximum absolute atomic E-state index is 14.6. The molecule has 2 aromatic rings. The van der Waals surface area contributed by atoms with Crippen LogP contribution in [0, 0.1) is 5.92 Å². The Kier molecular flexibility index (Phi) is 21.4. The van der Waals surface area contributed by atoms with E-state index in [1.54, 1.807) is 42.5 Å². The summed E-state index contributed by atoms with van der Waals surface area (Å²) in [6.07, 6.45) is -1.01. The van der Waals surface area contributed by atoms with E-state index in [1.165, 1.54) is 17.0 Å². The Labute approximate surface area is 439 Å². The summed E-state index contributed by atoms with van der Waals surface area (Å²) in [6, 6.07) is 6.22. The molecule has 2 aromatic carbocycles. The third-order valence-corrected chi connectivity index (χ3v) is 14.9. The molecule has 1 saturated carbocycles. The van der Waals surface area contributed by atoms with Crippen molar-refractivity contribution in [2.75, 3.05) is 31.1 Å². The summed E-state index contributed by atoms with van der Waals surface area (Å²) in [6.45, 7) is -0.398. The minimum Gasteiger partial charge on any atom is -0.508 e. The number of aromatic hydroxyl groups is 1. The van der Waals surface area contributed by atoms with Gasteiger partial charge in [-0.1, -0.05) is 64.1 Å². The van der Waals surface area contributed by atoms with Gasteiger partial charge in [0.05, 0.1) is 13.0 Å². The quantitative estimate of drug-likeness (QED) is 0.0290. The molecule has 1 spiro atoms. The molecule has 11 amide bonds. The number of carbonyl (C=O) groups excluding carboxylic acids is 11. The number of hydrogen-bond acceptors (Lipinski definition) is 15. The highest BCUT2D eigenvalue weighted by molar-refractivity contribution is 8.76. The number of likely N-dealkylation sites (tertiary alicyclic amines) is 1. The number of primary amides is 3. The van der Waals surface area contributed by atoms with Crippen LogP contribution in [-0.2, 0) is 65.6 Å². The smallest absolute Gasteiger partial charge is 0.246 e. The number of hydrogen-bond donors (Lipinski definition) is 13. The van der Waals surface area contributed by atoms with Crippen LogP contribution in [0.2, 0.25) is 0 Å². The molecule has 8 atom stereocenters. The first-order valence-electron chi connectivity index (χ1n) is 24.0. The van der Waals surface area contributed by atoms with Crippen LogP contribution in [0.3, 0.4) is 0 Å². The SMILES string of the molecule is NC(=O)CNC(=O)C(CCCN=C(N)N)NC(=O)[C@@H]1CCCN1C(=O)[C@@H]1CSSCCC(=O)N[C@@H](Cc2ccc(O)cc2)C(=O)N[C@@H](Cc2ccccc2)C(=O)NC2(CC2CC(N)=O)C(=O)N[C@@H](CC(N)=O)C(=O)N1. The first kappa shape index (κ1) is 58.3. The van der Waals surface area contributed by atoms with Crippen molar-refractivity contribution in [3.05, 3.63) is 65.7 Å². The lowest BCUT2D eigenvalue weighted by Crippen LogP contribution is -2.62. The normalized spacial score (nSPS) is 24.2. The van der Waals surface area contributed by atoms with E-state index in [4.69, 9.17) is 28.7 Å². The van der Waals surface area contributed by atoms with Crippen molar-refractivity contribution in [3.8, 4) is 5.75 Å². The molecule has 2 aliphatic heterocycles. The fourth-order valence-electron chi connectivity index (χ4n) is 8.58. The summed E-state index contributed by atoms with van der Waals surface area (Å²) in [5, 5.41) is 28.1. The summed E-state index contributed by atoms with van der Waals surface area (Å²) in [5.41, 5.74) is 26.4. The summed E-state index contributed by atoms with van der Waals surface area (Å²) in [4.78, 5) is 154. The van der Waals surface area contributed by atoms with E-state index in [0.717, 1.165) is 21.6 Å². The lowest BCUT2D eigenvalue weighted by Gasteiger charge is -2.31. The summed E-state index contributed by atoms with van der Waals surface area (Å²) in [5.74, 6) is -10.5. The third-order valence-electron chi connectivity index (χ3n) is 12.5. The Balaban J connectivity index is 1.47. The Hall–Kier alpha value is -7.62. The lowest BCUT2D eigenvalue weighted by molar-refractivity contribution is -0.142. The number of nitrogens with zero attached hydrogens (tertiary/aromatic N) is 2. The van der Waals surface area contributed by atoms with Gasteiger partial charge in [0.25, 0.3) is 0 Å². The second kappa shape index (κ2) is 27.6. The van der Waals surface area contributed by atoms with Gasteiger partial charge in [-0.3, -0.25) is 57.7 Å². The fourth-order valence-corrected chi connectivity index (χ4v) is 10.7. The van der Waals surface area contributed by atoms with Gasteiger partial charge < -0.3 is 75.9 Å². The van der Waals surface area contributed by atoms with Crippen molar-refractivity contribution in [1.82, 2.24) is 42.1 Å². The number of rotatable bonds is 18. The second-order valence-electron chi connectivity index (χ2n) is 18.3. The van der Waals surface area contributed by atoms with Crippen LogP contribution in [0.25, 0.3) is 0 Å². The number of benzene rings is 2. The maximum atomic E-state index is 14.6. The van der Waals surface area contributed by atoms with Gasteiger partial charge in [0.15, 0.2) is 5.96 Å². The average Bonchev–Trinajstić information content (AvgIpc) is 3.78. The van der Waals surface area contributed by atoms with Gasteiger partial charge >= 0.3 is 0 Å². The fraction of sp³-hybridized carbons (Fsp3) is 0.489. The predicted octanol–water partition coefficient (Wildman–Crippen LogP) is -4.34. The molecule has 26 nitrogen and oxygen atoms in total. The Morgan fingerprint density at radius 2 is 1.43 bits per heavy atom. The number of amides is 11. The molecule has 406 valence electrons. The number of guanidine groups is 1. The third kappa shape index (κ3) is 17.8. The van der Waals surface area contributed by atoms with E-state index in [2.05, 4.69) is 42.2 Å². The summed E-state index contributed by atoms with van der Waals surface area (Å²) >= 11 is 0. The molecular weight excluding hydrogens is 1020 g/mol. The molecule has 28 heteroatoms. The number of phenolic OH excluding ortho intramolecular Hbond substituents is 1. The topological polar surface area (TPSA) is 438 Å². The molecule has 3 fully saturated rings. The van der Waals surface area contributed by atoms with Crippen molar-refractivity contribution in [3.63, 3.8) is 0 Å². The van der Waals surface area contributed by atoms with E-state index in [1.807, 2.05) is 0 Å². The second-order valence-corrected chi connectivity index (χ2v) is 20.9. The minimum absolute atomic E-state index is 0.0140. The number of aliphatic imine (C=N–C) groups is 1. The molecule has 2 heterocycles. The molecule has 18 N–H and O–H groups in total. The van der Waals surface area contributed by atoms with Gasteiger partial charge in [-0.15, -0.1) is 0 Å². The highest BCUT2D eigenvalue weighted by Gasteiger charge is 2.62. The molecule has 5 rings (SSSR count). The molecule has 0 aromatic heterocycles. The Morgan fingerprint density at radius 1 is 0.773 bits per heavy atom. The molecule has 0 bridgehead atoms. The van der Waals surface area contributed by atoms with Crippen LogP contribution in [0.15, 0.2) is 59.6 Å². The summed E-state index contributed by atoms with van der Waals surface area (Å²) in [7, 11) is 2.20. The van der Waals surface area contributed by atoms with E-state index in [-0.39, 0.29) is 81.3 Å². The number of phenols is 1. The number of carbonyl (C=O) groups is 11. The number of nitrogens with two attached hydrogens (primary N) is 5. The van der Waals surface area contributed by atoms with Crippen molar-refractivity contribution in [2.45, 2.75) is 106 Å². The van der Waals surface area contributed by atoms with E-state index in [9.17, 15) is 57.8 Å². The van der Waals surface area contributed by atoms with Crippen LogP contribution in [0.1, 0.15) is 62.5 Å². The zero-order valence-corrected chi connectivity index (χ0v) is 42.5. The van der Waals surface area contributed by atoms with Crippen LogP contribution in [0.4, 0.5) is 0 Å². The van der Waals surface area contributed by atoms with Crippen LogP contribution < -0.4 is 65.9 Å². The Bertz CT molecular complexity index is 2480. The molecule has 3 aliphatic rings. The Morgan fingerprint density at radius 3 is 2.08 bits per heavy atom. The standard InChI is InChI=1S/C47H64N14O12S2/c48-35(63)20-27-22-47(27)45(73)59-32(21-36(49)64)41(69)58-33(44(72)61-16-5-9-34(61)43(71)56-29(8-4-15-53-46(51)52)39(67)54-23-37(50)65)24-75-74-17-14-38(66)55-30(19-26-10-12-28(62)13-11-26)40(68)57-31(42(70)60-47)18-25-6-2-1-3-7-25/h1-3,6-7,10-13,27,29-34,62H,4-5,8-9,14-24H2,(H2,48,63)(H2,49,64)(H2,50,65)(H,54,67)(H,55,66)(H,56,71)(H,57,68)(H,58,69)(H,59,73)(H,60,70)(H4,51,52,53)/t27?,29?,30-,31-,32-,33-,34-,47?/m0/s1. The zero-order chi connectivity index (χ0) is 54.8. The highest BCUT2D eigenvalue weighted by atomic mass is 33.1. The first-order valence-corrected chi connectivity index (χ1v) is 26.5. The lowest BCUT2D eigenvalue weighted by atomic mass is 10.0. The van der Waals surface area contributed by atoms with E-state index < -0.39 is 132 Å². The minimum atomic E-state index is -1.92. The van der Waals surface area contributed by atoms with Crippen LogP contribution >= 0.6 is 21.6 Å². The van der Waals surface area contributed by atoms with Gasteiger partial charge in [-0.05, 0) is 55.4 Å². The monoisotopic (exact) mass is 1080 g/mol. The van der Waals surface area contributed by atoms with E-state index >= 15 is 0 Å². The predicted molar refractivity (Wildman–Crippen MR) is 275 cm³/mol. The van der Waals surface area contributed by atoms with Gasteiger partial charge in [-0.2, -0.15) is 0 Å². The van der Waals surface area contributed by atoms with Gasteiger partial charge in [0.2, 0.25) is 65.0 Å².